The van der Waals surface area contributed by atoms with Crippen LogP contribution < -0.4 is 5.73 Å². The molecule has 0 bridgehead atoms. The molecule has 0 amide bonds. The molecule has 2 N–H and O–H groups in total. The number of hydrogen-bond acceptors (Lipinski definition) is 4. The molecule has 0 aliphatic carbocycles. The summed E-state index contributed by atoms with van der Waals surface area (Å²) in [5.74, 6) is 0.599. The van der Waals surface area contributed by atoms with E-state index in [9.17, 15) is 0 Å². The maximum atomic E-state index is 6.10. The molecule has 1 aromatic heterocycles. The van der Waals surface area contributed by atoms with Crippen LogP contribution in [0.4, 0.5) is 0 Å². The van der Waals surface area contributed by atoms with Crippen LogP contribution in [0.15, 0.2) is 5.38 Å². The van der Waals surface area contributed by atoms with Crippen molar-refractivity contribution in [1.82, 2.24) is 9.88 Å². The molecule has 1 saturated heterocycles. The van der Waals surface area contributed by atoms with Crippen molar-refractivity contribution >= 4 is 11.3 Å². The highest BCUT2D eigenvalue weighted by molar-refractivity contribution is 7.09. The fraction of sp³-hybridized carbons (Fsp3) is 0.769. The predicted molar refractivity (Wildman–Crippen MR) is 73.3 cm³/mol. The van der Waals surface area contributed by atoms with E-state index in [0.29, 0.717) is 18.0 Å². The van der Waals surface area contributed by atoms with Gasteiger partial charge in [0.1, 0.15) is 0 Å². The van der Waals surface area contributed by atoms with Gasteiger partial charge in [-0.25, -0.2) is 4.98 Å². The number of aromatic nitrogens is 1. The standard InChI is InChI=1S/C13H23N3S/c1-9-8-17-13(15-9)5-7-16-6-4-12(14)10(2)11(16)3/h8,10-12H,4-7,14H2,1-3H3. The molecule has 2 rings (SSSR count). The first-order valence-electron chi connectivity index (χ1n) is 6.48. The minimum atomic E-state index is 0.378. The van der Waals surface area contributed by atoms with Gasteiger partial charge in [-0.15, -0.1) is 11.3 Å². The maximum Gasteiger partial charge on any atom is 0.0940 e. The van der Waals surface area contributed by atoms with E-state index < -0.39 is 0 Å². The van der Waals surface area contributed by atoms with E-state index in [0.717, 1.165) is 31.6 Å². The van der Waals surface area contributed by atoms with Crippen molar-refractivity contribution in [2.75, 3.05) is 13.1 Å². The van der Waals surface area contributed by atoms with Gasteiger partial charge in [-0.3, -0.25) is 4.90 Å². The van der Waals surface area contributed by atoms with Gasteiger partial charge < -0.3 is 5.73 Å². The molecule has 3 atom stereocenters. The molecular formula is C13H23N3S. The summed E-state index contributed by atoms with van der Waals surface area (Å²) in [5.41, 5.74) is 7.25. The molecule has 0 radical (unpaired) electrons. The van der Waals surface area contributed by atoms with E-state index in [2.05, 4.69) is 36.0 Å². The smallest absolute Gasteiger partial charge is 0.0940 e. The van der Waals surface area contributed by atoms with Crippen molar-refractivity contribution < 1.29 is 0 Å². The van der Waals surface area contributed by atoms with Gasteiger partial charge in [0, 0.05) is 36.1 Å². The molecular weight excluding hydrogens is 230 g/mol. The summed E-state index contributed by atoms with van der Waals surface area (Å²) in [6, 6.07) is 0.975. The topological polar surface area (TPSA) is 42.1 Å². The van der Waals surface area contributed by atoms with Gasteiger partial charge in [-0.2, -0.15) is 0 Å². The van der Waals surface area contributed by atoms with Crippen LogP contribution in [0.5, 0.6) is 0 Å². The summed E-state index contributed by atoms with van der Waals surface area (Å²) >= 11 is 1.78. The van der Waals surface area contributed by atoms with Gasteiger partial charge in [0.2, 0.25) is 0 Å². The lowest BCUT2D eigenvalue weighted by Crippen LogP contribution is -2.52. The number of piperidine rings is 1. The van der Waals surface area contributed by atoms with Crippen molar-refractivity contribution in [3.05, 3.63) is 16.1 Å². The van der Waals surface area contributed by atoms with Crippen molar-refractivity contribution in [2.45, 2.75) is 45.7 Å². The highest BCUT2D eigenvalue weighted by atomic mass is 32.1. The molecule has 0 spiro atoms. The number of hydrogen-bond donors (Lipinski definition) is 1. The van der Waals surface area contributed by atoms with E-state index in [1.165, 1.54) is 5.01 Å². The zero-order valence-corrected chi connectivity index (χ0v) is 11.8. The van der Waals surface area contributed by atoms with Crippen LogP contribution >= 0.6 is 11.3 Å². The molecule has 17 heavy (non-hydrogen) atoms. The van der Waals surface area contributed by atoms with Gasteiger partial charge in [0.25, 0.3) is 0 Å². The molecule has 1 aliphatic rings. The van der Waals surface area contributed by atoms with Crippen LogP contribution in [0.2, 0.25) is 0 Å². The van der Waals surface area contributed by atoms with Gasteiger partial charge in [-0.1, -0.05) is 6.92 Å². The molecule has 1 aliphatic heterocycles. The van der Waals surface area contributed by atoms with Crippen molar-refractivity contribution in [3.8, 4) is 0 Å². The Bertz CT molecular complexity index is 363. The Morgan fingerprint density at radius 2 is 2.29 bits per heavy atom. The second-order valence-corrected chi connectivity index (χ2v) is 6.16. The number of nitrogens with two attached hydrogens (primary N) is 1. The summed E-state index contributed by atoms with van der Waals surface area (Å²) in [4.78, 5) is 7.08. The SMILES string of the molecule is Cc1csc(CCN2CCC(N)C(C)C2C)n1. The van der Waals surface area contributed by atoms with E-state index in [1.807, 2.05) is 0 Å². The first-order chi connectivity index (χ1) is 8.08. The number of nitrogens with zero attached hydrogens (tertiary/aromatic N) is 2. The zero-order valence-electron chi connectivity index (χ0n) is 11.0. The number of rotatable bonds is 3. The Morgan fingerprint density at radius 3 is 2.94 bits per heavy atom. The van der Waals surface area contributed by atoms with Gasteiger partial charge in [0.15, 0.2) is 0 Å². The summed E-state index contributed by atoms with van der Waals surface area (Å²) < 4.78 is 0. The molecule has 3 unspecified atom stereocenters. The molecule has 96 valence electrons. The van der Waals surface area contributed by atoms with Crippen LogP contribution in [0.1, 0.15) is 31.0 Å². The second-order valence-electron chi connectivity index (χ2n) is 5.22. The number of thiazole rings is 1. The molecule has 4 heteroatoms. The van der Waals surface area contributed by atoms with E-state index in [1.54, 1.807) is 11.3 Å². The van der Waals surface area contributed by atoms with Crippen LogP contribution in [-0.4, -0.2) is 35.1 Å². The lowest BCUT2D eigenvalue weighted by Gasteiger charge is -2.41. The van der Waals surface area contributed by atoms with E-state index >= 15 is 0 Å². The number of aryl methyl sites for hydroxylation is 1. The largest absolute Gasteiger partial charge is 0.327 e. The average molecular weight is 253 g/mol. The van der Waals surface area contributed by atoms with E-state index in [-0.39, 0.29) is 0 Å². The number of likely N-dealkylation sites (tertiary alicyclic amines) is 1. The van der Waals surface area contributed by atoms with Crippen molar-refractivity contribution in [1.29, 1.82) is 0 Å². The zero-order chi connectivity index (χ0) is 12.4. The lowest BCUT2D eigenvalue weighted by molar-refractivity contribution is 0.0992. The minimum absolute atomic E-state index is 0.378. The summed E-state index contributed by atoms with van der Waals surface area (Å²) in [5, 5.41) is 3.39. The molecule has 0 saturated carbocycles. The predicted octanol–water partition coefficient (Wildman–Crippen LogP) is 2.05. The molecule has 1 aromatic rings. The highest BCUT2D eigenvalue weighted by Crippen LogP contribution is 2.22. The Balaban J connectivity index is 1.87. The Morgan fingerprint density at radius 1 is 1.53 bits per heavy atom. The highest BCUT2D eigenvalue weighted by Gasteiger charge is 2.29. The normalized spacial score (nSPS) is 30.7. The third kappa shape index (κ3) is 3.06. The Kier molecular flexibility index (Phi) is 4.17. The van der Waals surface area contributed by atoms with Crippen LogP contribution in [0, 0.1) is 12.8 Å². The van der Waals surface area contributed by atoms with Crippen LogP contribution in [-0.2, 0) is 6.42 Å². The van der Waals surface area contributed by atoms with Gasteiger partial charge in [-0.05, 0) is 32.7 Å². The minimum Gasteiger partial charge on any atom is -0.327 e. The van der Waals surface area contributed by atoms with Crippen molar-refractivity contribution in [2.24, 2.45) is 11.7 Å². The van der Waals surface area contributed by atoms with Crippen LogP contribution in [0.25, 0.3) is 0 Å². The molecule has 2 heterocycles. The Hall–Kier alpha value is -0.450. The monoisotopic (exact) mass is 253 g/mol. The molecule has 0 aromatic carbocycles. The lowest BCUT2D eigenvalue weighted by atomic mass is 9.87. The Labute approximate surface area is 108 Å². The average Bonchev–Trinajstić information content (AvgIpc) is 2.71. The first-order valence-corrected chi connectivity index (χ1v) is 7.36. The fourth-order valence-corrected chi connectivity index (χ4v) is 3.31. The molecule has 1 fully saturated rings. The van der Waals surface area contributed by atoms with Gasteiger partial charge >= 0.3 is 0 Å². The van der Waals surface area contributed by atoms with Crippen LogP contribution in [0.3, 0.4) is 0 Å². The fourth-order valence-electron chi connectivity index (χ4n) is 2.54. The summed E-state index contributed by atoms with van der Waals surface area (Å²) in [7, 11) is 0. The molecule has 3 nitrogen and oxygen atoms in total. The van der Waals surface area contributed by atoms with Crippen molar-refractivity contribution in [3.63, 3.8) is 0 Å². The van der Waals surface area contributed by atoms with E-state index in [4.69, 9.17) is 5.73 Å². The first kappa shape index (κ1) is 13.0. The third-order valence-corrected chi connectivity index (χ3v) is 5.07. The second kappa shape index (κ2) is 5.46. The van der Waals surface area contributed by atoms with Gasteiger partial charge in [0.05, 0.1) is 5.01 Å². The quantitative estimate of drug-likeness (QED) is 0.896. The maximum absolute atomic E-state index is 6.10. The third-order valence-electron chi connectivity index (χ3n) is 4.04. The summed E-state index contributed by atoms with van der Waals surface area (Å²) in [6.45, 7) is 8.89. The summed E-state index contributed by atoms with van der Waals surface area (Å²) in [6.07, 6.45) is 2.20.